The van der Waals surface area contributed by atoms with Gasteiger partial charge in [0.25, 0.3) is 0 Å². The summed E-state index contributed by atoms with van der Waals surface area (Å²) in [5.74, 6) is 0.910. The molecule has 0 atom stereocenters. The smallest absolute Gasteiger partial charge is 0.199 e. The molecule has 0 heterocycles. The first-order valence-electron chi connectivity index (χ1n) is 7.50. The summed E-state index contributed by atoms with van der Waals surface area (Å²) in [5, 5.41) is 0. The van der Waals surface area contributed by atoms with Gasteiger partial charge in [-0.1, -0.05) is 31.4 Å². The molecule has 0 unspecified atom stereocenters. The number of methoxy groups -OCH3 is 2. The first kappa shape index (κ1) is 15.3. The summed E-state index contributed by atoms with van der Waals surface area (Å²) in [4.78, 5) is 0. The molecular formula is C17H26O3. The van der Waals surface area contributed by atoms with Crippen LogP contribution in [0.15, 0.2) is 24.3 Å². The highest BCUT2D eigenvalue weighted by Gasteiger charge is 2.23. The maximum absolute atomic E-state index is 5.75. The van der Waals surface area contributed by atoms with Crippen LogP contribution in [0.25, 0.3) is 0 Å². The summed E-state index contributed by atoms with van der Waals surface area (Å²) < 4.78 is 16.3. The first-order valence-corrected chi connectivity index (χ1v) is 7.50. The minimum atomic E-state index is -0.692. The summed E-state index contributed by atoms with van der Waals surface area (Å²) in [5.41, 5.74) is 1.44. The normalized spacial score (nSPS) is 17.1. The molecule has 0 aliphatic heterocycles. The average molecular weight is 278 g/mol. The zero-order valence-corrected chi connectivity index (χ0v) is 12.9. The van der Waals surface area contributed by atoms with Crippen LogP contribution >= 0.6 is 0 Å². The third-order valence-corrected chi connectivity index (χ3v) is 4.32. The van der Waals surface area contributed by atoms with Crippen LogP contribution < -0.4 is 4.74 Å². The molecule has 1 aromatic rings. The van der Waals surface area contributed by atoms with Crippen molar-refractivity contribution in [3.05, 3.63) is 29.8 Å². The lowest BCUT2D eigenvalue weighted by Crippen LogP contribution is -2.36. The van der Waals surface area contributed by atoms with Crippen molar-refractivity contribution in [2.24, 2.45) is 0 Å². The van der Waals surface area contributed by atoms with Gasteiger partial charge in [0.15, 0.2) is 5.79 Å². The van der Waals surface area contributed by atoms with Gasteiger partial charge < -0.3 is 14.2 Å². The minimum Gasteiger partial charge on any atom is -0.488 e. The lowest BCUT2D eigenvalue weighted by atomic mass is 9.84. The Bertz CT molecular complexity index is 389. The van der Waals surface area contributed by atoms with Crippen LogP contribution in [-0.4, -0.2) is 26.6 Å². The number of rotatable bonds is 6. The Kier molecular flexibility index (Phi) is 5.44. The Morgan fingerprint density at radius 2 is 1.60 bits per heavy atom. The van der Waals surface area contributed by atoms with Crippen molar-refractivity contribution >= 4 is 0 Å². The zero-order chi connectivity index (χ0) is 14.4. The third-order valence-electron chi connectivity index (χ3n) is 4.32. The van der Waals surface area contributed by atoms with E-state index >= 15 is 0 Å². The standard InChI is InChI=1S/C17H26O3/c1-17(18-2,19-3)13-20-16-11-9-15(10-12-16)14-7-5-4-6-8-14/h9-12,14H,4-8,13H2,1-3H3. The van der Waals surface area contributed by atoms with E-state index in [1.165, 1.54) is 37.7 Å². The highest BCUT2D eigenvalue weighted by Crippen LogP contribution is 2.33. The molecule has 2 rings (SSSR count). The molecule has 0 radical (unpaired) electrons. The van der Waals surface area contributed by atoms with Crippen LogP contribution in [0.3, 0.4) is 0 Å². The monoisotopic (exact) mass is 278 g/mol. The number of ether oxygens (including phenoxy) is 3. The van der Waals surface area contributed by atoms with Crippen molar-refractivity contribution in [2.45, 2.75) is 50.7 Å². The summed E-state index contributed by atoms with van der Waals surface area (Å²) in [6, 6.07) is 8.50. The summed E-state index contributed by atoms with van der Waals surface area (Å²) in [6.07, 6.45) is 6.77. The molecule has 1 saturated carbocycles. The number of hydrogen-bond acceptors (Lipinski definition) is 3. The van der Waals surface area contributed by atoms with Gasteiger partial charge in [-0.25, -0.2) is 0 Å². The Hall–Kier alpha value is -1.06. The molecule has 0 amide bonds. The second kappa shape index (κ2) is 7.09. The van der Waals surface area contributed by atoms with Crippen LogP contribution in [-0.2, 0) is 9.47 Å². The number of hydrogen-bond donors (Lipinski definition) is 0. The highest BCUT2D eigenvalue weighted by atomic mass is 16.7. The van der Waals surface area contributed by atoms with Gasteiger partial charge in [-0.05, 0) is 43.4 Å². The quantitative estimate of drug-likeness (QED) is 0.732. The lowest BCUT2D eigenvalue weighted by molar-refractivity contribution is -0.209. The van der Waals surface area contributed by atoms with Crippen molar-refractivity contribution in [3.63, 3.8) is 0 Å². The average Bonchev–Trinajstić information content (AvgIpc) is 2.54. The first-order chi connectivity index (χ1) is 9.67. The van der Waals surface area contributed by atoms with Crippen LogP contribution in [0.1, 0.15) is 50.5 Å². The van der Waals surface area contributed by atoms with Gasteiger partial charge in [0.2, 0.25) is 0 Å². The fourth-order valence-electron chi connectivity index (χ4n) is 2.69. The molecule has 0 saturated heterocycles. The van der Waals surface area contributed by atoms with Crippen molar-refractivity contribution in [2.75, 3.05) is 20.8 Å². The van der Waals surface area contributed by atoms with Gasteiger partial charge in [-0.2, -0.15) is 0 Å². The summed E-state index contributed by atoms with van der Waals surface area (Å²) in [6.45, 7) is 2.24. The van der Waals surface area contributed by atoms with Crippen LogP contribution in [0.4, 0.5) is 0 Å². The van der Waals surface area contributed by atoms with Gasteiger partial charge in [0.05, 0.1) is 0 Å². The third kappa shape index (κ3) is 3.97. The van der Waals surface area contributed by atoms with E-state index in [4.69, 9.17) is 14.2 Å². The Morgan fingerprint density at radius 1 is 1.00 bits per heavy atom. The van der Waals surface area contributed by atoms with Gasteiger partial charge in [0, 0.05) is 14.2 Å². The Morgan fingerprint density at radius 3 is 2.15 bits per heavy atom. The largest absolute Gasteiger partial charge is 0.488 e. The molecular weight excluding hydrogens is 252 g/mol. The maximum atomic E-state index is 5.75. The summed E-state index contributed by atoms with van der Waals surface area (Å²) >= 11 is 0. The van der Waals surface area contributed by atoms with Gasteiger partial charge in [-0.15, -0.1) is 0 Å². The molecule has 112 valence electrons. The molecule has 3 heteroatoms. The van der Waals surface area contributed by atoms with Crippen molar-refractivity contribution in [3.8, 4) is 5.75 Å². The predicted octanol–water partition coefficient (Wildman–Crippen LogP) is 4.12. The van der Waals surface area contributed by atoms with E-state index in [1.54, 1.807) is 14.2 Å². The topological polar surface area (TPSA) is 27.7 Å². The van der Waals surface area contributed by atoms with Gasteiger partial charge in [-0.3, -0.25) is 0 Å². The van der Waals surface area contributed by atoms with Gasteiger partial charge >= 0.3 is 0 Å². The van der Waals surface area contributed by atoms with E-state index in [2.05, 4.69) is 24.3 Å². The van der Waals surface area contributed by atoms with Crippen molar-refractivity contribution in [1.82, 2.24) is 0 Å². The molecule has 1 fully saturated rings. The molecule has 0 spiro atoms. The molecule has 3 nitrogen and oxygen atoms in total. The van der Waals surface area contributed by atoms with E-state index in [9.17, 15) is 0 Å². The molecule has 1 aliphatic rings. The van der Waals surface area contributed by atoms with Crippen LogP contribution in [0.5, 0.6) is 5.75 Å². The van der Waals surface area contributed by atoms with Crippen LogP contribution in [0.2, 0.25) is 0 Å². The Balaban J connectivity index is 1.91. The Labute approximate surface area is 122 Å². The molecule has 1 aromatic carbocycles. The van der Waals surface area contributed by atoms with E-state index in [0.717, 1.165) is 11.7 Å². The maximum Gasteiger partial charge on any atom is 0.199 e. The minimum absolute atomic E-state index is 0.378. The zero-order valence-electron chi connectivity index (χ0n) is 12.9. The predicted molar refractivity (Wildman–Crippen MR) is 80.2 cm³/mol. The van der Waals surface area contributed by atoms with Crippen LogP contribution in [0, 0.1) is 0 Å². The fourth-order valence-corrected chi connectivity index (χ4v) is 2.69. The molecule has 0 aromatic heterocycles. The molecule has 1 aliphatic carbocycles. The molecule has 0 bridgehead atoms. The van der Waals surface area contributed by atoms with Gasteiger partial charge in [0.1, 0.15) is 12.4 Å². The number of benzene rings is 1. The summed E-state index contributed by atoms with van der Waals surface area (Å²) in [7, 11) is 3.25. The van der Waals surface area contributed by atoms with E-state index in [-0.39, 0.29) is 0 Å². The van der Waals surface area contributed by atoms with E-state index < -0.39 is 5.79 Å². The molecule has 0 N–H and O–H groups in total. The van der Waals surface area contributed by atoms with Crippen molar-refractivity contribution < 1.29 is 14.2 Å². The highest BCUT2D eigenvalue weighted by molar-refractivity contribution is 5.29. The fraction of sp³-hybridized carbons (Fsp3) is 0.647. The van der Waals surface area contributed by atoms with E-state index in [0.29, 0.717) is 6.61 Å². The SMILES string of the molecule is COC(C)(COc1ccc(C2CCCCC2)cc1)OC. The molecule has 20 heavy (non-hydrogen) atoms. The second-order valence-electron chi connectivity index (χ2n) is 5.73. The van der Waals surface area contributed by atoms with E-state index in [1.807, 2.05) is 6.92 Å². The van der Waals surface area contributed by atoms with Crippen molar-refractivity contribution in [1.29, 1.82) is 0 Å². The lowest BCUT2D eigenvalue weighted by Gasteiger charge is -2.26. The second-order valence-corrected chi connectivity index (χ2v) is 5.73.